The summed E-state index contributed by atoms with van der Waals surface area (Å²) in [5.74, 6) is 0.150. The van der Waals surface area contributed by atoms with Crippen molar-refractivity contribution < 1.29 is 73.2 Å². The van der Waals surface area contributed by atoms with Crippen LogP contribution in [0.2, 0.25) is 0 Å². The molecule has 0 heterocycles. The summed E-state index contributed by atoms with van der Waals surface area (Å²) in [7, 11) is 0. The summed E-state index contributed by atoms with van der Waals surface area (Å²) >= 11 is 0. The van der Waals surface area contributed by atoms with Crippen molar-refractivity contribution in [2.45, 2.75) is 39.5 Å². The molecule has 0 rings (SSSR count). The summed E-state index contributed by atoms with van der Waals surface area (Å²) < 4.78 is 0. The molecular formula is C9H16BrKO. The van der Waals surface area contributed by atoms with Gasteiger partial charge in [-0.15, -0.1) is 0 Å². The van der Waals surface area contributed by atoms with Crippen LogP contribution in [0.3, 0.4) is 0 Å². The minimum absolute atomic E-state index is 0. The van der Waals surface area contributed by atoms with Crippen molar-refractivity contribution in [3.8, 4) is 0 Å². The van der Waals surface area contributed by atoms with Gasteiger partial charge in [0, 0.05) is 0 Å². The maximum absolute atomic E-state index is 10.4. The Balaban J connectivity index is -0.000000405. The third-order valence-electron chi connectivity index (χ3n) is 1.33. The van der Waals surface area contributed by atoms with Crippen LogP contribution in [0.4, 0.5) is 0 Å². The molecule has 0 saturated carbocycles. The number of carbonyl (C=O) groups is 1. The zero-order chi connectivity index (χ0) is 7.82. The Morgan fingerprint density at radius 3 is 2.33 bits per heavy atom. The van der Waals surface area contributed by atoms with Crippen LogP contribution >= 0.6 is 0 Å². The number of carbonyl (C=O) groups excluding carboxylic acids is 1. The molecule has 0 fully saturated rings. The molecule has 66 valence electrons. The van der Waals surface area contributed by atoms with Crippen LogP contribution in [-0.4, -0.2) is 5.78 Å². The van der Waals surface area contributed by atoms with Gasteiger partial charge in [-0.1, -0.05) is 25.8 Å². The van der Waals surface area contributed by atoms with Gasteiger partial charge < -0.3 is 17.0 Å². The molecule has 0 aliphatic carbocycles. The van der Waals surface area contributed by atoms with Crippen LogP contribution in [0.5, 0.6) is 0 Å². The number of halogens is 1. The molecule has 0 unspecified atom stereocenters. The third-order valence-corrected chi connectivity index (χ3v) is 1.33. The second kappa shape index (κ2) is 15.0. The van der Waals surface area contributed by atoms with Gasteiger partial charge in [-0.05, 0) is 25.8 Å². The number of allylic oxidation sites excluding steroid dienone is 2. The molecule has 0 N–H and O–H groups in total. The summed E-state index contributed by atoms with van der Waals surface area (Å²) in [6, 6.07) is 0. The predicted molar refractivity (Wildman–Crippen MR) is 44.0 cm³/mol. The minimum atomic E-state index is 0. The Labute approximate surface area is 129 Å². The first-order valence-electron chi connectivity index (χ1n) is 3.94. The van der Waals surface area contributed by atoms with E-state index in [4.69, 9.17) is 0 Å². The molecule has 0 aliphatic rings. The second-order valence-corrected chi connectivity index (χ2v) is 2.51. The summed E-state index contributed by atoms with van der Waals surface area (Å²) in [5, 5.41) is 0. The van der Waals surface area contributed by atoms with Gasteiger partial charge in [-0.25, -0.2) is 0 Å². The quantitative estimate of drug-likeness (QED) is 0.287. The SMILES string of the molecule is CCCCCC=CC(C)=O.[Br-].[K+]. The molecule has 0 aromatic carbocycles. The molecule has 0 aromatic heterocycles. The smallest absolute Gasteiger partial charge is 1.00 e. The van der Waals surface area contributed by atoms with Crippen LogP contribution in [0.25, 0.3) is 0 Å². The van der Waals surface area contributed by atoms with E-state index in [-0.39, 0.29) is 74.1 Å². The van der Waals surface area contributed by atoms with E-state index in [1.54, 1.807) is 13.0 Å². The van der Waals surface area contributed by atoms with Gasteiger partial charge in [-0.2, -0.15) is 0 Å². The van der Waals surface area contributed by atoms with E-state index in [0.717, 1.165) is 6.42 Å². The standard InChI is InChI=1S/C9H16O.BrH.K/c1-3-4-5-6-7-8-9(2)10;;/h7-8H,3-6H2,1-2H3;1H;/q;;+1/p-1. The average Bonchev–Trinajstić information content (AvgIpc) is 1.87. The number of unbranched alkanes of at least 4 members (excludes halogenated alkanes) is 3. The first kappa shape index (κ1) is 19.2. The molecular weight excluding hydrogens is 243 g/mol. The van der Waals surface area contributed by atoms with Crippen molar-refractivity contribution in [1.29, 1.82) is 0 Å². The second-order valence-electron chi connectivity index (χ2n) is 2.51. The molecule has 0 aromatic rings. The van der Waals surface area contributed by atoms with E-state index >= 15 is 0 Å². The summed E-state index contributed by atoms with van der Waals surface area (Å²) in [6.45, 7) is 3.75. The average molecular weight is 259 g/mol. The van der Waals surface area contributed by atoms with Gasteiger partial charge in [0.05, 0.1) is 0 Å². The Morgan fingerprint density at radius 1 is 1.33 bits per heavy atom. The zero-order valence-corrected chi connectivity index (χ0v) is 13.0. The van der Waals surface area contributed by atoms with E-state index < -0.39 is 0 Å². The van der Waals surface area contributed by atoms with Crippen LogP contribution in [0.15, 0.2) is 12.2 Å². The first-order chi connectivity index (χ1) is 4.77. The fourth-order valence-electron chi connectivity index (χ4n) is 0.761. The maximum Gasteiger partial charge on any atom is 1.00 e. The number of hydrogen-bond donors (Lipinski definition) is 0. The zero-order valence-electron chi connectivity index (χ0n) is 8.27. The largest absolute Gasteiger partial charge is 1.00 e. The van der Waals surface area contributed by atoms with Crippen molar-refractivity contribution in [3.05, 3.63) is 12.2 Å². The molecule has 0 spiro atoms. The van der Waals surface area contributed by atoms with Crippen LogP contribution in [-0.2, 0) is 4.79 Å². The fourth-order valence-corrected chi connectivity index (χ4v) is 0.761. The van der Waals surface area contributed by atoms with Gasteiger partial charge in [0.25, 0.3) is 0 Å². The number of rotatable bonds is 5. The van der Waals surface area contributed by atoms with E-state index in [1.165, 1.54) is 19.3 Å². The Morgan fingerprint density at radius 2 is 1.92 bits per heavy atom. The molecule has 12 heavy (non-hydrogen) atoms. The number of hydrogen-bond acceptors (Lipinski definition) is 1. The molecule has 0 amide bonds. The third kappa shape index (κ3) is 17.6. The predicted octanol–water partition coefficient (Wildman–Crippen LogP) is -3.28. The van der Waals surface area contributed by atoms with Crippen LogP contribution in [0, 0.1) is 0 Å². The van der Waals surface area contributed by atoms with Crippen molar-refractivity contribution >= 4 is 5.78 Å². The molecule has 0 radical (unpaired) electrons. The van der Waals surface area contributed by atoms with E-state index in [1.807, 2.05) is 6.08 Å². The molecule has 0 saturated heterocycles. The van der Waals surface area contributed by atoms with Crippen molar-refractivity contribution in [2.75, 3.05) is 0 Å². The van der Waals surface area contributed by atoms with Gasteiger partial charge in [0.2, 0.25) is 0 Å². The van der Waals surface area contributed by atoms with Crippen molar-refractivity contribution in [2.24, 2.45) is 0 Å². The van der Waals surface area contributed by atoms with Gasteiger partial charge in [0.15, 0.2) is 5.78 Å². The van der Waals surface area contributed by atoms with Crippen LogP contribution < -0.4 is 68.4 Å². The summed E-state index contributed by atoms with van der Waals surface area (Å²) in [4.78, 5) is 10.4. The normalized spacial score (nSPS) is 8.83. The first-order valence-corrected chi connectivity index (χ1v) is 3.94. The van der Waals surface area contributed by atoms with Crippen molar-refractivity contribution in [3.63, 3.8) is 0 Å². The molecule has 0 bridgehead atoms. The Bertz CT molecular complexity index is 124. The molecule has 1 nitrogen and oxygen atoms in total. The maximum atomic E-state index is 10.4. The van der Waals surface area contributed by atoms with E-state index in [9.17, 15) is 4.79 Å². The fraction of sp³-hybridized carbons (Fsp3) is 0.667. The van der Waals surface area contributed by atoms with E-state index in [2.05, 4.69) is 6.92 Å². The Kier molecular flexibility index (Phi) is 24.0. The van der Waals surface area contributed by atoms with Gasteiger partial charge >= 0.3 is 51.4 Å². The topological polar surface area (TPSA) is 17.1 Å². The summed E-state index contributed by atoms with van der Waals surface area (Å²) in [6.07, 6.45) is 8.37. The minimum Gasteiger partial charge on any atom is -1.00 e. The number of ketones is 1. The van der Waals surface area contributed by atoms with Crippen molar-refractivity contribution in [1.82, 2.24) is 0 Å². The summed E-state index contributed by atoms with van der Waals surface area (Å²) in [5.41, 5.74) is 0. The molecule has 0 atom stereocenters. The van der Waals surface area contributed by atoms with Gasteiger partial charge in [0.1, 0.15) is 0 Å². The Hall–Kier alpha value is 1.53. The van der Waals surface area contributed by atoms with E-state index in [0.29, 0.717) is 0 Å². The molecule has 3 heteroatoms. The van der Waals surface area contributed by atoms with Gasteiger partial charge in [-0.3, -0.25) is 4.79 Å². The van der Waals surface area contributed by atoms with Crippen LogP contribution in [0.1, 0.15) is 39.5 Å². The monoisotopic (exact) mass is 258 g/mol. The molecule has 0 aliphatic heterocycles.